The van der Waals surface area contributed by atoms with E-state index < -0.39 is 15.2 Å². The van der Waals surface area contributed by atoms with Crippen molar-refractivity contribution < 1.29 is 8.42 Å². The molecule has 1 aromatic heterocycles. The minimum Gasteiger partial charge on any atom is -0.223 e. The summed E-state index contributed by atoms with van der Waals surface area (Å²) in [4.78, 5) is 0. The first-order valence-corrected chi connectivity index (χ1v) is 6.33. The van der Waals surface area contributed by atoms with Crippen molar-refractivity contribution >= 4 is 32.8 Å². The summed E-state index contributed by atoms with van der Waals surface area (Å²) in [6.07, 6.45) is 0. The molecule has 1 heterocycles. The van der Waals surface area contributed by atoms with Crippen LogP contribution in [0.5, 0.6) is 0 Å². The second-order valence-electron chi connectivity index (χ2n) is 2.31. The zero-order valence-corrected chi connectivity index (χ0v) is 8.86. The fraction of sp³-hybridized carbons (Fsp3) is 0.286. The summed E-state index contributed by atoms with van der Waals surface area (Å²) in [5.41, 5.74) is 0. The lowest BCUT2D eigenvalue weighted by atomic mass is 10.5. The van der Waals surface area contributed by atoms with Crippen LogP contribution in [0.4, 0.5) is 0 Å². The Morgan fingerprint density at radius 2 is 2.38 bits per heavy atom. The average molecular weight is 236 g/mol. The van der Waals surface area contributed by atoms with Crippen LogP contribution in [-0.2, 0) is 9.84 Å². The molecule has 0 aliphatic carbocycles. The minimum atomic E-state index is -3.36. The molecule has 1 atom stereocenters. The number of nitriles is 1. The molecule has 0 saturated heterocycles. The third-order valence-electron chi connectivity index (χ3n) is 1.31. The molecule has 0 amide bonds. The van der Waals surface area contributed by atoms with E-state index in [-0.39, 0.29) is 9.96 Å². The van der Waals surface area contributed by atoms with E-state index in [1.54, 1.807) is 17.5 Å². The van der Waals surface area contributed by atoms with Crippen LogP contribution < -0.4 is 0 Å². The van der Waals surface area contributed by atoms with Gasteiger partial charge in [-0.15, -0.1) is 22.9 Å². The standard InChI is InChI=1S/C7H6ClNO2S2/c8-6(4-9)5-13(10,11)7-2-1-3-12-7/h1-3,6H,5H2. The van der Waals surface area contributed by atoms with Crippen LogP contribution in [0.2, 0.25) is 0 Å². The maximum absolute atomic E-state index is 11.4. The third kappa shape index (κ3) is 2.69. The van der Waals surface area contributed by atoms with Crippen LogP contribution in [0.25, 0.3) is 0 Å². The second kappa shape index (κ2) is 4.09. The first-order chi connectivity index (χ1) is 6.06. The highest BCUT2D eigenvalue weighted by Gasteiger charge is 2.20. The molecule has 0 saturated carbocycles. The summed E-state index contributed by atoms with van der Waals surface area (Å²) in [6, 6.07) is 4.82. The predicted molar refractivity (Wildman–Crippen MR) is 51.6 cm³/mol. The minimum absolute atomic E-state index is 0.258. The van der Waals surface area contributed by atoms with Crippen LogP contribution in [0, 0.1) is 11.3 Å². The van der Waals surface area contributed by atoms with Crippen molar-refractivity contribution in [2.45, 2.75) is 9.59 Å². The lowest BCUT2D eigenvalue weighted by molar-refractivity contribution is 0.598. The van der Waals surface area contributed by atoms with Gasteiger partial charge in [-0.2, -0.15) is 5.26 Å². The van der Waals surface area contributed by atoms with Gasteiger partial charge in [0.25, 0.3) is 0 Å². The summed E-state index contributed by atoms with van der Waals surface area (Å²) in [5.74, 6) is -0.328. The van der Waals surface area contributed by atoms with Crippen molar-refractivity contribution in [1.82, 2.24) is 0 Å². The molecule has 13 heavy (non-hydrogen) atoms. The molecule has 0 aromatic carbocycles. The van der Waals surface area contributed by atoms with E-state index in [2.05, 4.69) is 0 Å². The van der Waals surface area contributed by atoms with Gasteiger partial charge in [-0.25, -0.2) is 8.42 Å². The van der Waals surface area contributed by atoms with Gasteiger partial charge in [0.05, 0.1) is 11.8 Å². The Morgan fingerprint density at radius 3 is 2.85 bits per heavy atom. The molecule has 0 N–H and O–H groups in total. The largest absolute Gasteiger partial charge is 0.223 e. The topological polar surface area (TPSA) is 57.9 Å². The van der Waals surface area contributed by atoms with Gasteiger partial charge in [-0.1, -0.05) is 6.07 Å². The van der Waals surface area contributed by atoms with Gasteiger partial charge in [0.2, 0.25) is 0 Å². The molecule has 0 aliphatic heterocycles. The zero-order valence-electron chi connectivity index (χ0n) is 6.47. The lowest BCUT2D eigenvalue weighted by Crippen LogP contribution is -2.13. The average Bonchev–Trinajstić information content (AvgIpc) is 2.55. The highest BCUT2D eigenvalue weighted by Crippen LogP contribution is 2.18. The molecular formula is C7H6ClNO2S2. The van der Waals surface area contributed by atoms with Crippen LogP contribution in [0.3, 0.4) is 0 Å². The van der Waals surface area contributed by atoms with E-state index in [0.29, 0.717) is 0 Å². The van der Waals surface area contributed by atoms with Gasteiger partial charge in [0.1, 0.15) is 9.59 Å². The van der Waals surface area contributed by atoms with E-state index in [4.69, 9.17) is 16.9 Å². The highest BCUT2D eigenvalue weighted by atomic mass is 35.5. The molecule has 0 bridgehead atoms. The van der Waals surface area contributed by atoms with E-state index in [1.165, 1.54) is 6.07 Å². The summed E-state index contributed by atoms with van der Waals surface area (Å²) in [6.45, 7) is 0. The van der Waals surface area contributed by atoms with Crippen LogP contribution in [0.15, 0.2) is 21.7 Å². The molecule has 0 aliphatic rings. The Kier molecular flexibility index (Phi) is 3.31. The van der Waals surface area contributed by atoms with Gasteiger partial charge in [-0.05, 0) is 11.4 Å². The SMILES string of the molecule is N#CC(Cl)CS(=O)(=O)c1cccs1. The predicted octanol–water partition coefficient (Wildman–Crippen LogP) is 1.65. The first-order valence-electron chi connectivity index (χ1n) is 3.36. The van der Waals surface area contributed by atoms with Crippen molar-refractivity contribution in [3.8, 4) is 6.07 Å². The number of hydrogen-bond donors (Lipinski definition) is 0. The molecule has 1 aromatic rings. The molecule has 3 nitrogen and oxygen atoms in total. The van der Waals surface area contributed by atoms with Gasteiger partial charge in [-0.3, -0.25) is 0 Å². The van der Waals surface area contributed by atoms with Gasteiger partial charge >= 0.3 is 0 Å². The second-order valence-corrected chi connectivity index (χ2v) is 6.05. The Labute approximate surface area is 85.5 Å². The maximum Gasteiger partial charge on any atom is 0.190 e. The molecule has 1 rings (SSSR count). The summed E-state index contributed by atoms with van der Waals surface area (Å²) in [5, 5.41) is 9.04. The summed E-state index contributed by atoms with van der Waals surface area (Å²) in [7, 11) is -3.36. The van der Waals surface area contributed by atoms with Crippen LogP contribution in [0.1, 0.15) is 0 Å². The van der Waals surface area contributed by atoms with Crippen molar-refractivity contribution in [3.63, 3.8) is 0 Å². The van der Waals surface area contributed by atoms with Crippen LogP contribution >= 0.6 is 22.9 Å². The maximum atomic E-state index is 11.4. The molecule has 0 fully saturated rings. The van der Waals surface area contributed by atoms with Crippen molar-refractivity contribution in [1.29, 1.82) is 5.26 Å². The highest BCUT2D eigenvalue weighted by molar-refractivity contribution is 7.93. The van der Waals surface area contributed by atoms with Crippen LogP contribution in [-0.4, -0.2) is 19.5 Å². The number of alkyl halides is 1. The molecule has 1 unspecified atom stereocenters. The fourth-order valence-electron chi connectivity index (χ4n) is 0.752. The Balaban J connectivity index is 2.87. The number of nitrogens with zero attached hydrogens (tertiary/aromatic N) is 1. The van der Waals surface area contributed by atoms with E-state index in [1.807, 2.05) is 0 Å². The molecule has 0 radical (unpaired) electrons. The lowest BCUT2D eigenvalue weighted by Gasteiger charge is -2.00. The van der Waals surface area contributed by atoms with E-state index >= 15 is 0 Å². The smallest absolute Gasteiger partial charge is 0.190 e. The molecule has 6 heteroatoms. The normalized spacial score (nSPS) is 13.5. The van der Waals surface area contributed by atoms with Gasteiger partial charge < -0.3 is 0 Å². The number of hydrogen-bond acceptors (Lipinski definition) is 4. The van der Waals surface area contributed by atoms with Gasteiger partial charge in [0, 0.05) is 0 Å². The molecular weight excluding hydrogens is 230 g/mol. The molecule has 70 valence electrons. The summed E-state index contributed by atoms with van der Waals surface area (Å²) >= 11 is 6.56. The number of halogens is 1. The Bertz CT molecular complexity index is 404. The van der Waals surface area contributed by atoms with Gasteiger partial charge in [0.15, 0.2) is 9.84 Å². The van der Waals surface area contributed by atoms with Crippen molar-refractivity contribution in [2.24, 2.45) is 0 Å². The first kappa shape index (κ1) is 10.5. The van der Waals surface area contributed by atoms with Crippen molar-refractivity contribution in [3.05, 3.63) is 17.5 Å². The Hall–Kier alpha value is -0.570. The number of thiophene rings is 1. The van der Waals surface area contributed by atoms with E-state index in [9.17, 15) is 8.42 Å². The number of sulfone groups is 1. The van der Waals surface area contributed by atoms with Crippen molar-refractivity contribution in [2.75, 3.05) is 5.75 Å². The third-order valence-corrected chi connectivity index (χ3v) is 4.98. The number of rotatable bonds is 3. The fourth-order valence-corrected chi connectivity index (χ4v) is 3.57. The summed E-state index contributed by atoms with van der Waals surface area (Å²) < 4.78 is 23.1. The Morgan fingerprint density at radius 1 is 1.69 bits per heavy atom. The quantitative estimate of drug-likeness (QED) is 0.749. The molecule has 0 spiro atoms. The zero-order chi connectivity index (χ0) is 9.90. The monoisotopic (exact) mass is 235 g/mol. The van der Waals surface area contributed by atoms with E-state index in [0.717, 1.165) is 11.3 Å².